The van der Waals surface area contributed by atoms with Crippen molar-refractivity contribution in [3.63, 3.8) is 0 Å². The Balaban J connectivity index is 1.58. The fourth-order valence-corrected chi connectivity index (χ4v) is 4.50. The molecule has 0 spiro atoms. The number of carboxylic acid groups (broad SMARTS) is 1. The maximum Gasteiger partial charge on any atom is 0.341 e. The fourth-order valence-electron chi connectivity index (χ4n) is 4.50. The Bertz CT molecular complexity index is 1300. The van der Waals surface area contributed by atoms with E-state index in [9.17, 15) is 19.1 Å². The third-order valence-electron chi connectivity index (χ3n) is 6.25. The predicted octanol–water partition coefficient (Wildman–Crippen LogP) is 0.793. The van der Waals surface area contributed by atoms with Gasteiger partial charge in [0.15, 0.2) is 11.5 Å². The van der Waals surface area contributed by atoms with Crippen LogP contribution < -0.4 is 21.1 Å². The number of benzene rings is 1. The van der Waals surface area contributed by atoms with E-state index in [2.05, 4.69) is 20.6 Å². The van der Waals surface area contributed by atoms with Crippen molar-refractivity contribution >= 4 is 33.6 Å². The van der Waals surface area contributed by atoms with Crippen molar-refractivity contribution in [2.75, 3.05) is 56.6 Å². The number of pyridine rings is 2. The zero-order chi connectivity index (χ0) is 22.6. The molecule has 5 rings (SSSR count). The summed E-state index contributed by atoms with van der Waals surface area (Å²) in [5.74, 6) is -2.93. The van der Waals surface area contributed by atoms with Crippen LogP contribution in [0.15, 0.2) is 23.1 Å². The Morgan fingerprint density at radius 2 is 1.97 bits per heavy atom. The van der Waals surface area contributed by atoms with Crippen molar-refractivity contribution in [2.45, 2.75) is 6.04 Å². The lowest BCUT2D eigenvalue weighted by Gasteiger charge is -2.48. The number of piperazine rings is 1. The van der Waals surface area contributed by atoms with E-state index in [1.165, 1.54) is 17.8 Å². The summed E-state index contributed by atoms with van der Waals surface area (Å²) < 4.78 is 31.7. The molecule has 2 aliphatic heterocycles. The Morgan fingerprint density at radius 1 is 1.25 bits per heavy atom. The van der Waals surface area contributed by atoms with Crippen LogP contribution in [0, 0.1) is 11.6 Å². The SMILES string of the molecule is CNn1cc(C(=O)O)c(=O)c2cc3cc(F)c(N4CC(N5CCNCC5)C4)c(F)c3nc21. The molecular formula is C21H22F2N6O3. The van der Waals surface area contributed by atoms with E-state index >= 15 is 4.39 Å². The van der Waals surface area contributed by atoms with Crippen LogP contribution in [0.4, 0.5) is 14.5 Å². The van der Waals surface area contributed by atoms with Gasteiger partial charge in [0, 0.05) is 63.9 Å². The monoisotopic (exact) mass is 444 g/mol. The summed E-state index contributed by atoms with van der Waals surface area (Å²) in [7, 11) is 1.52. The molecule has 168 valence electrons. The minimum atomic E-state index is -1.40. The van der Waals surface area contributed by atoms with Gasteiger partial charge in [0.1, 0.15) is 22.6 Å². The lowest BCUT2D eigenvalue weighted by Crippen LogP contribution is -2.63. The number of aromatic carboxylic acids is 1. The van der Waals surface area contributed by atoms with Gasteiger partial charge in [-0.25, -0.2) is 23.2 Å². The number of nitrogens with zero attached hydrogens (tertiary/aromatic N) is 4. The van der Waals surface area contributed by atoms with E-state index in [1.807, 2.05) is 0 Å². The second kappa shape index (κ2) is 7.68. The van der Waals surface area contributed by atoms with E-state index in [0.717, 1.165) is 38.4 Å². The summed E-state index contributed by atoms with van der Waals surface area (Å²) in [6, 6.07) is 2.69. The summed E-state index contributed by atoms with van der Waals surface area (Å²) >= 11 is 0. The topological polar surface area (TPSA) is 103 Å². The van der Waals surface area contributed by atoms with Crippen LogP contribution in [0.2, 0.25) is 0 Å². The minimum absolute atomic E-state index is 0.0407. The lowest BCUT2D eigenvalue weighted by atomic mass is 10.0. The molecule has 0 amide bonds. The zero-order valence-electron chi connectivity index (χ0n) is 17.4. The standard InChI is InChI=1S/C21H22F2N6O3/c1-24-29-10-14(21(31)32)19(30)13-6-11-7-15(22)18(16(23)17(11)26-20(13)29)28-8-12(9-28)27-4-2-25-3-5-27/h6-7,10,12,24-25H,2-5,8-9H2,1H3,(H,31,32). The second-order valence-corrected chi connectivity index (χ2v) is 8.07. The van der Waals surface area contributed by atoms with Crippen molar-refractivity contribution in [1.29, 1.82) is 0 Å². The van der Waals surface area contributed by atoms with Gasteiger partial charge in [0.05, 0.1) is 5.39 Å². The number of hydrogen-bond acceptors (Lipinski definition) is 7. The highest BCUT2D eigenvalue weighted by atomic mass is 19.1. The molecule has 0 unspecified atom stereocenters. The van der Waals surface area contributed by atoms with Gasteiger partial charge in [-0.05, 0) is 12.1 Å². The predicted molar refractivity (Wildman–Crippen MR) is 116 cm³/mol. The van der Waals surface area contributed by atoms with E-state index in [0.29, 0.717) is 13.1 Å². The number of halogens is 2. The molecular weight excluding hydrogens is 422 g/mol. The lowest BCUT2D eigenvalue weighted by molar-refractivity contribution is 0.0695. The number of fused-ring (bicyclic) bond motifs is 2. The molecule has 2 saturated heterocycles. The first-order valence-electron chi connectivity index (χ1n) is 10.4. The number of carboxylic acids is 1. The van der Waals surface area contributed by atoms with Crippen LogP contribution in [0.5, 0.6) is 0 Å². The number of carbonyl (C=O) groups is 1. The van der Waals surface area contributed by atoms with Gasteiger partial charge in [0.2, 0.25) is 5.43 Å². The number of aromatic nitrogens is 2. The maximum atomic E-state index is 15.5. The van der Waals surface area contributed by atoms with Crippen molar-refractivity contribution < 1.29 is 18.7 Å². The Labute approximate surface area is 181 Å². The summed E-state index contributed by atoms with van der Waals surface area (Å²) in [5, 5.41) is 12.6. The summed E-state index contributed by atoms with van der Waals surface area (Å²) in [6.45, 7) is 4.68. The zero-order valence-corrected chi connectivity index (χ0v) is 17.4. The van der Waals surface area contributed by atoms with Gasteiger partial charge in [-0.2, -0.15) is 0 Å². The van der Waals surface area contributed by atoms with Gasteiger partial charge in [-0.1, -0.05) is 0 Å². The summed E-state index contributed by atoms with van der Waals surface area (Å²) in [5.41, 5.74) is 1.35. The van der Waals surface area contributed by atoms with Gasteiger partial charge >= 0.3 is 5.97 Å². The van der Waals surface area contributed by atoms with E-state index in [-0.39, 0.29) is 33.7 Å². The Kier molecular flexibility index (Phi) is 4.94. The van der Waals surface area contributed by atoms with Crippen LogP contribution >= 0.6 is 0 Å². The fraction of sp³-hybridized carbons (Fsp3) is 0.381. The smallest absolute Gasteiger partial charge is 0.341 e. The molecule has 2 fully saturated rings. The highest BCUT2D eigenvalue weighted by Gasteiger charge is 2.36. The quantitative estimate of drug-likeness (QED) is 0.508. The van der Waals surface area contributed by atoms with Crippen LogP contribution in [0.3, 0.4) is 0 Å². The first-order chi connectivity index (χ1) is 15.4. The summed E-state index contributed by atoms with van der Waals surface area (Å²) in [6.07, 6.45) is 1.10. The van der Waals surface area contributed by atoms with Crippen LogP contribution in [0.25, 0.3) is 21.9 Å². The van der Waals surface area contributed by atoms with E-state index in [4.69, 9.17) is 0 Å². The van der Waals surface area contributed by atoms with Gasteiger partial charge in [-0.3, -0.25) is 9.69 Å². The molecule has 11 heteroatoms. The molecule has 0 saturated carbocycles. The first kappa shape index (κ1) is 20.6. The highest BCUT2D eigenvalue weighted by Crippen LogP contribution is 2.34. The number of nitrogens with one attached hydrogen (secondary N) is 2. The summed E-state index contributed by atoms with van der Waals surface area (Å²) in [4.78, 5) is 32.3. The molecule has 2 aromatic heterocycles. The molecule has 3 aromatic rings. The molecule has 0 radical (unpaired) electrons. The van der Waals surface area contributed by atoms with E-state index in [1.54, 1.807) is 4.90 Å². The van der Waals surface area contributed by atoms with Crippen LogP contribution in [-0.4, -0.2) is 78.0 Å². The van der Waals surface area contributed by atoms with Crippen molar-refractivity contribution in [3.8, 4) is 0 Å². The molecule has 1 aromatic carbocycles. The first-order valence-corrected chi connectivity index (χ1v) is 10.4. The largest absolute Gasteiger partial charge is 0.477 e. The minimum Gasteiger partial charge on any atom is -0.477 e. The number of rotatable bonds is 4. The molecule has 0 aliphatic carbocycles. The van der Waals surface area contributed by atoms with Gasteiger partial charge in [-0.15, -0.1) is 0 Å². The molecule has 4 heterocycles. The van der Waals surface area contributed by atoms with Crippen LogP contribution in [0.1, 0.15) is 10.4 Å². The molecule has 32 heavy (non-hydrogen) atoms. The molecule has 0 bridgehead atoms. The average Bonchev–Trinajstić information content (AvgIpc) is 2.75. The molecule has 0 atom stereocenters. The molecule has 3 N–H and O–H groups in total. The number of hydrogen-bond donors (Lipinski definition) is 3. The van der Waals surface area contributed by atoms with Crippen LogP contribution in [-0.2, 0) is 0 Å². The third-order valence-corrected chi connectivity index (χ3v) is 6.25. The van der Waals surface area contributed by atoms with Crippen molar-refractivity contribution in [1.82, 2.24) is 19.9 Å². The third kappa shape index (κ3) is 3.16. The van der Waals surface area contributed by atoms with Crippen molar-refractivity contribution in [3.05, 3.63) is 45.8 Å². The Morgan fingerprint density at radius 3 is 2.62 bits per heavy atom. The molecule has 2 aliphatic rings. The maximum absolute atomic E-state index is 15.5. The number of anilines is 1. The average molecular weight is 444 g/mol. The van der Waals surface area contributed by atoms with Gasteiger partial charge < -0.3 is 20.7 Å². The highest BCUT2D eigenvalue weighted by molar-refractivity contribution is 5.97. The van der Waals surface area contributed by atoms with Gasteiger partial charge in [0.25, 0.3) is 0 Å². The van der Waals surface area contributed by atoms with E-state index < -0.39 is 28.6 Å². The van der Waals surface area contributed by atoms with Crippen molar-refractivity contribution in [2.24, 2.45) is 0 Å². The second-order valence-electron chi connectivity index (χ2n) is 8.07. The molecule has 9 nitrogen and oxygen atoms in total. The normalized spacial score (nSPS) is 17.7. The Hall–Kier alpha value is -3.31.